The molecule has 2 saturated carbocycles. The number of carbonyl (C=O) groups is 3. The van der Waals surface area contributed by atoms with E-state index in [9.17, 15) is 14.4 Å². The zero-order valence-corrected chi connectivity index (χ0v) is 16.0. The van der Waals surface area contributed by atoms with Crippen molar-refractivity contribution in [2.75, 3.05) is 0 Å². The van der Waals surface area contributed by atoms with Gasteiger partial charge >= 0.3 is 5.97 Å². The van der Waals surface area contributed by atoms with Gasteiger partial charge in [-0.25, -0.2) is 0 Å². The summed E-state index contributed by atoms with van der Waals surface area (Å²) < 4.78 is 5.30. The first-order valence-electron chi connectivity index (χ1n) is 10.9. The minimum absolute atomic E-state index is 0.213. The van der Waals surface area contributed by atoms with Crippen molar-refractivity contribution in [1.82, 2.24) is 0 Å². The number of carbonyl (C=O) groups excluding carboxylic acids is 3. The second kappa shape index (κ2) is 9.66. The summed E-state index contributed by atoms with van der Waals surface area (Å²) in [7, 11) is 0. The smallest absolute Gasteiger partial charge is 0.325 e. The van der Waals surface area contributed by atoms with Gasteiger partial charge in [0.25, 0.3) is 0 Å². The van der Waals surface area contributed by atoms with Crippen LogP contribution in [-0.2, 0) is 19.1 Å². The molecule has 1 aliphatic heterocycles. The van der Waals surface area contributed by atoms with E-state index in [0.717, 1.165) is 31.6 Å². The molecule has 0 spiro atoms. The summed E-state index contributed by atoms with van der Waals surface area (Å²) >= 11 is 0. The third-order valence-electron chi connectivity index (χ3n) is 6.70. The quantitative estimate of drug-likeness (QED) is 0.354. The highest BCUT2D eigenvalue weighted by Crippen LogP contribution is 2.32. The predicted octanol–water partition coefficient (Wildman–Crippen LogP) is 4.78. The van der Waals surface area contributed by atoms with Crippen LogP contribution in [0, 0.1) is 17.8 Å². The number of hydrogen-bond donors (Lipinski definition) is 0. The summed E-state index contributed by atoms with van der Waals surface area (Å²) in [6.07, 6.45) is 15.9. The number of ether oxygens (including phenoxy) is 1. The van der Waals surface area contributed by atoms with Crippen molar-refractivity contribution in [2.24, 2.45) is 17.8 Å². The van der Waals surface area contributed by atoms with E-state index in [4.69, 9.17) is 4.74 Å². The van der Waals surface area contributed by atoms with E-state index in [1.165, 1.54) is 57.8 Å². The number of ketones is 2. The Hall–Kier alpha value is -1.19. The van der Waals surface area contributed by atoms with Crippen molar-refractivity contribution in [2.45, 2.75) is 102 Å². The molecule has 0 aromatic rings. The minimum Gasteiger partial charge on any atom is -0.453 e. The molecule has 3 fully saturated rings. The lowest BCUT2D eigenvalue weighted by Gasteiger charge is -2.23. The maximum absolute atomic E-state index is 12.5. The highest BCUT2D eigenvalue weighted by molar-refractivity contribution is 6.21. The van der Waals surface area contributed by atoms with E-state index >= 15 is 0 Å². The third kappa shape index (κ3) is 5.17. The number of rotatable bonds is 8. The third-order valence-corrected chi connectivity index (χ3v) is 6.70. The molecular formula is C22H34O4. The molecule has 0 amide bonds. The highest BCUT2D eigenvalue weighted by Gasteiger charge is 2.47. The van der Waals surface area contributed by atoms with E-state index in [0.29, 0.717) is 18.8 Å². The van der Waals surface area contributed by atoms with Crippen molar-refractivity contribution in [3.63, 3.8) is 0 Å². The summed E-state index contributed by atoms with van der Waals surface area (Å²) in [5.41, 5.74) is 0. The molecule has 0 bridgehead atoms. The molecule has 3 rings (SSSR count). The summed E-state index contributed by atoms with van der Waals surface area (Å²) in [5, 5.41) is 0. The zero-order valence-electron chi connectivity index (χ0n) is 16.0. The normalized spacial score (nSPS) is 28.3. The van der Waals surface area contributed by atoms with Gasteiger partial charge in [0, 0.05) is 6.42 Å². The fraction of sp³-hybridized carbons (Fsp3) is 0.864. The fourth-order valence-electron chi connectivity index (χ4n) is 5.10. The second-order valence-electron chi connectivity index (χ2n) is 8.72. The Morgan fingerprint density at radius 1 is 0.846 bits per heavy atom. The lowest BCUT2D eigenvalue weighted by atomic mass is 9.83. The number of esters is 1. The summed E-state index contributed by atoms with van der Waals surface area (Å²) in [6, 6.07) is 0. The number of Topliss-reactive ketones (excluding diaryl/α,β-unsaturated/α-hetero) is 2. The molecule has 1 heterocycles. The molecule has 0 N–H and O–H groups in total. The van der Waals surface area contributed by atoms with E-state index in [1.54, 1.807) is 0 Å². The van der Waals surface area contributed by atoms with Crippen molar-refractivity contribution in [3.05, 3.63) is 0 Å². The largest absolute Gasteiger partial charge is 0.453 e. The number of hydrogen-bond acceptors (Lipinski definition) is 4. The SMILES string of the molecule is O=C(CCCCC1CCCCC1)C1C(=O)OC(CC2CCCCC2)C1=O. The lowest BCUT2D eigenvalue weighted by molar-refractivity contribution is -0.147. The molecule has 3 aliphatic rings. The number of unbranched alkanes of at least 4 members (excludes halogenated alkanes) is 1. The highest BCUT2D eigenvalue weighted by atomic mass is 16.6. The van der Waals surface area contributed by atoms with E-state index in [1.807, 2.05) is 0 Å². The Morgan fingerprint density at radius 2 is 1.46 bits per heavy atom. The first-order valence-corrected chi connectivity index (χ1v) is 10.9. The average Bonchev–Trinajstić information content (AvgIpc) is 2.94. The molecule has 4 heteroatoms. The summed E-state index contributed by atoms with van der Waals surface area (Å²) in [4.78, 5) is 37.1. The topological polar surface area (TPSA) is 60.4 Å². The molecule has 4 nitrogen and oxygen atoms in total. The molecule has 2 atom stereocenters. The van der Waals surface area contributed by atoms with Crippen LogP contribution in [0.2, 0.25) is 0 Å². The molecule has 0 aromatic carbocycles. The van der Waals surface area contributed by atoms with Crippen LogP contribution in [-0.4, -0.2) is 23.6 Å². The van der Waals surface area contributed by atoms with Crippen LogP contribution in [0.4, 0.5) is 0 Å². The fourth-order valence-corrected chi connectivity index (χ4v) is 5.10. The van der Waals surface area contributed by atoms with Crippen LogP contribution in [0.15, 0.2) is 0 Å². The first kappa shape index (κ1) is 19.6. The Bertz CT molecular complexity index is 500. The van der Waals surface area contributed by atoms with Crippen molar-refractivity contribution in [3.8, 4) is 0 Å². The van der Waals surface area contributed by atoms with Crippen LogP contribution in [0.3, 0.4) is 0 Å². The number of cyclic esters (lactones) is 1. The molecular weight excluding hydrogens is 328 g/mol. The van der Waals surface area contributed by atoms with Gasteiger partial charge in [0.2, 0.25) is 0 Å². The van der Waals surface area contributed by atoms with Crippen LogP contribution in [0.1, 0.15) is 96.3 Å². The first-order chi connectivity index (χ1) is 12.6. The monoisotopic (exact) mass is 362 g/mol. The zero-order chi connectivity index (χ0) is 18.4. The summed E-state index contributed by atoms with van der Waals surface area (Å²) in [5.74, 6) is -0.911. The van der Waals surface area contributed by atoms with Gasteiger partial charge in [-0.05, 0) is 24.7 Å². The van der Waals surface area contributed by atoms with Crippen LogP contribution in [0.5, 0.6) is 0 Å². The van der Waals surface area contributed by atoms with Crippen molar-refractivity contribution in [1.29, 1.82) is 0 Å². The lowest BCUT2D eigenvalue weighted by Crippen LogP contribution is -2.29. The predicted molar refractivity (Wildman–Crippen MR) is 99.6 cm³/mol. The van der Waals surface area contributed by atoms with Gasteiger partial charge in [0.05, 0.1) is 0 Å². The van der Waals surface area contributed by atoms with E-state index in [-0.39, 0.29) is 11.6 Å². The molecule has 0 aromatic heterocycles. The van der Waals surface area contributed by atoms with Gasteiger partial charge in [0.1, 0.15) is 0 Å². The molecule has 2 aliphatic carbocycles. The van der Waals surface area contributed by atoms with Gasteiger partial charge in [0.15, 0.2) is 23.6 Å². The Kier molecular flexibility index (Phi) is 7.27. The van der Waals surface area contributed by atoms with Gasteiger partial charge < -0.3 is 4.74 Å². The van der Waals surface area contributed by atoms with Crippen molar-refractivity contribution >= 4 is 17.5 Å². The van der Waals surface area contributed by atoms with Crippen LogP contribution in [0.25, 0.3) is 0 Å². The van der Waals surface area contributed by atoms with Gasteiger partial charge in [-0.1, -0.05) is 77.0 Å². The second-order valence-corrected chi connectivity index (χ2v) is 8.72. The van der Waals surface area contributed by atoms with E-state index in [2.05, 4.69) is 0 Å². The minimum atomic E-state index is -1.13. The van der Waals surface area contributed by atoms with Crippen LogP contribution < -0.4 is 0 Å². The Morgan fingerprint density at radius 3 is 2.12 bits per heavy atom. The maximum Gasteiger partial charge on any atom is 0.325 e. The maximum atomic E-state index is 12.5. The molecule has 2 unspecified atom stereocenters. The summed E-state index contributed by atoms with van der Waals surface area (Å²) in [6.45, 7) is 0. The van der Waals surface area contributed by atoms with Crippen molar-refractivity contribution < 1.29 is 19.1 Å². The van der Waals surface area contributed by atoms with Gasteiger partial charge in [-0.2, -0.15) is 0 Å². The standard InChI is InChI=1S/C22H34O4/c23-18(14-8-7-11-16-9-3-1-4-10-16)20-21(24)19(26-22(20)25)15-17-12-5-2-6-13-17/h16-17,19-20H,1-15H2. The van der Waals surface area contributed by atoms with Gasteiger partial charge in [-0.3, -0.25) is 14.4 Å². The molecule has 1 saturated heterocycles. The van der Waals surface area contributed by atoms with E-state index < -0.39 is 18.0 Å². The molecule has 0 radical (unpaired) electrons. The van der Waals surface area contributed by atoms with Crippen LogP contribution >= 0.6 is 0 Å². The molecule has 26 heavy (non-hydrogen) atoms. The molecule has 146 valence electrons. The Labute approximate surface area is 157 Å². The Balaban J connectivity index is 1.40. The van der Waals surface area contributed by atoms with Gasteiger partial charge in [-0.15, -0.1) is 0 Å². The average molecular weight is 363 g/mol.